The number of nitriles is 2. The largest absolute Gasteiger partial charge is 1.00 e. The summed E-state index contributed by atoms with van der Waals surface area (Å²) >= 11 is 0. The zero-order chi connectivity index (χ0) is 4.99. The Morgan fingerprint density at radius 1 is 1.29 bits per heavy atom. The van der Waals surface area contributed by atoms with Gasteiger partial charge < -0.3 is 0 Å². The Hall–Kier alpha value is -0.150. The molecule has 3 heteroatoms. The van der Waals surface area contributed by atoms with Crippen molar-refractivity contribution in [3.8, 4) is 12.1 Å². The van der Waals surface area contributed by atoms with Gasteiger partial charge in [-0.15, -0.1) is 0 Å². The van der Waals surface area contributed by atoms with Crippen molar-refractivity contribution in [2.75, 3.05) is 0 Å². The van der Waals surface area contributed by atoms with Crippen molar-refractivity contribution in [3.05, 3.63) is 5.92 Å². The molecule has 0 aromatic rings. The molecule has 2 nitrogen and oxygen atoms in total. The molecule has 0 bridgehead atoms. The Morgan fingerprint density at radius 2 is 1.57 bits per heavy atom. The van der Waals surface area contributed by atoms with E-state index in [0.717, 1.165) is 0 Å². The molecule has 0 aromatic carbocycles. The Kier molecular flexibility index (Phi) is 8.33. The van der Waals surface area contributed by atoms with Crippen LogP contribution in [0.2, 0.25) is 0 Å². The molecule has 0 amide bonds. The van der Waals surface area contributed by atoms with Crippen molar-refractivity contribution in [1.29, 1.82) is 10.5 Å². The van der Waals surface area contributed by atoms with Crippen molar-refractivity contribution in [2.24, 2.45) is 0 Å². The van der Waals surface area contributed by atoms with Gasteiger partial charge in [-0.05, 0) is 0 Å². The van der Waals surface area contributed by atoms with Crippen LogP contribution in [0.5, 0.6) is 0 Å². The summed E-state index contributed by atoms with van der Waals surface area (Å²) < 4.78 is 0. The Bertz CT molecular complexity index is 93.8. The summed E-state index contributed by atoms with van der Waals surface area (Å²) in [5.74, 6) is 0.204. The average molecular weight is 102 g/mol. The zero-order valence-corrected chi connectivity index (χ0v) is 6.39. The Balaban J connectivity index is 0. The van der Waals surface area contributed by atoms with E-state index in [9.17, 15) is 0 Å². The van der Waals surface area contributed by atoms with Crippen LogP contribution in [0.1, 0.15) is 6.92 Å². The predicted octanol–water partition coefficient (Wildman–Crippen LogP) is -2.37. The number of rotatable bonds is 0. The molecule has 0 spiro atoms. The van der Waals surface area contributed by atoms with E-state index >= 15 is 0 Å². The van der Waals surface area contributed by atoms with Gasteiger partial charge in [0.2, 0.25) is 0 Å². The molecule has 0 fully saturated rings. The maximum Gasteiger partial charge on any atom is 1.00 e. The molecule has 0 saturated heterocycles. The maximum atomic E-state index is 7.83. The van der Waals surface area contributed by atoms with Crippen molar-refractivity contribution >= 4 is 0 Å². The second-order valence-electron chi connectivity index (χ2n) is 0.849. The van der Waals surface area contributed by atoms with Gasteiger partial charge in [0, 0.05) is 0 Å². The fourth-order valence-corrected chi connectivity index (χ4v) is 0.0250. The van der Waals surface area contributed by atoms with Gasteiger partial charge in [0.05, 0.1) is 0 Å². The van der Waals surface area contributed by atoms with Gasteiger partial charge >= 0.3 is 29.6 Å². The van der Waals surface area contributed by atoms with E-state index in [2.05, 4.69) is 0 Å². The molecule has 0 N–H and O–H groups in total. The van der Waals surface area contributed by atoms with Crippen LogP contribution in [0.15, 0.2) is 0 Å². The van der Waals surface area contributed by atoms with E-state index in [4.69, 9.17) is 10.5 Å². The average Bonchev–Trinajstić information content (AvgIpc) is 1.65. The van der Waals surface area contributed by atoms with Crippen LogP contribution in [0, 0.1) is 28.6 Å². The fourth-order valence-electron chi connectivity index (χ4n) is 0.0250. The van der Waals surface area contributed by atoms with Crippen LogP contribution in [-0.2, 0) is 0 Å². The molecule has 0 heterocycles. The minimum atomic E-state index is 0. The molecule has 7 heavy (non-hydrogen) atoms. The quantitative estimate of drug-likeness (QED) is 0.253. The van der Waals surface area contributed by atoms with Crippen LogP contribution in [0.4, 0.5) is 0 Å². The summed E-state index contributed by atoms with van der Waals surface area (Å²) in [4.78, 5) is 0. The minimum absolute atomic E-state index is 0. The van der Waals surface area contributed by atoms with Gasteiger partial charge in [0.1, 0.15) is 0 Å². The maximum absolute atomic E-state index is 7.83. The normalized spacial score (nSPS) is 4.43. The molecule has 0 unspecified atom stereocenters. The molecule has 30 valence electrons. The van der Waals surface area contributed by atoms with E-state index in [0.29, 0.717) is 0 Å². The smallest absolute Gasteiger partial charge is 0.233 e. The van der Waals surface area contributed by atoms with E-state index in [1.54, 1.807) is 12.1 Å². The molecule has 0 aromatic heterocycles. The molecule has 0 aliphatic heterocycles. The zero-order valence-electron chi connectivity index (χ0n) is 4.39. The van der Waals surface area contributed by atoms with E-state index in [1.807, 2.05) is 0 Å². The van der Waals surface area contributed by atoms with Crippen LogP contribution >= 0.6 is 0 Å². The topological polar surface area (TPSA) is 47.6 Å². The molecule has 0 rings (SSSR count). The predicted molar refractivity (Wildman–Crippen MR) is 20.1 cm³/mol. The van der Waals surface area contributed by atoms with E-state index < -0.39 is 0 Å². The SMILES string of the molecule is C[C-](C#N)C#N.[Na+]. The van der Waals surface area contributed by atoms with Gasteiger partial charge in [-0.1, -0.05) is 12.1 Å². The summed E-state index contributed by atoms with van der Waals surface area (Å²) in [6.07, 6.45) is 0. The molecule has 0 saturated carbocycles. The van der Waals surface area contributed by atoms with Gasteiger partial charge in [-0.25, -0.2) is 10.5 Å². The third-order valence-corrected chi connectivity index (χ3v) is 0.335. The molecule has 0 aliphatic carbocycles. The summed E-state index contributed by atoms with van der Waals surface area (Å²) in [7, 11) is 0. The van der Waals surface area contributed by atoms with Crippen molar-refractivity contribution < 1.29 is 29.6 Å². The summed E-state index contributed by atoms with van der Waals surface area (Å²) in [5, 5.41) is 15.7. The molecular formula is C4H3N2Na. The van der Waals surface area contributed by atoms with Gasteiger partial charge in [0.15, 0.2) is 0 Å². The number of hydrogen-bond donors (Lipinski definition) is 0. The van der Waals surface area contributed by atoms with Crippen LogP contribution in [0.3, 0.4) is 0 Å². The fraction of sp³-hybridized carbons (Fsp3) is 0.250. The first-order valence-corrected chi connectivity index (χ1v) is 1.45. The summed E-state index contributed by atoms with van der Waals surface area (Å²) in [6, 6.07) is 3.34. The van der Waals surface area contributed by atoms with Crippen LogP contribution in [-0.4, -0.2) is 0 Å². The van der Waals surface area contributed by atoms with Crippen molar-refractivity contribution in [3.63, 3.8) is 0 Å². The van der Waals surface area contributed by atoms with Gasteiger partial charge in [-0.3, -0.25) is 0 Å². The standard InChI is InChI=1S/C4H3N2.Na/c1-4(2-5)3-6;/h1H3;/q-1;+1. The monoisotopic (exact) mass is 102 g/mol. The van der Waals surface area contributed by atoms with Crippen LogP contribution < -0.4 is 29.6 Å². The van der Waals surface area contributed by atoms with Gasteiger partial charge in [0.25, 0.3) is 0 Å². The molecule has 0 radical (unpaired) electrons. The van der Waals surface area contributed by atoms with E-state index in [-0.39, 0.29) is 35.5 Å². The Labute approximate surface area is 65.0 Å². The second-order valence-corrected chi connectivity index (χ2v) is 0.849. The minimum Gasteiger partial charge on any atom is -0.233 e. The van der Waals surface area contributed by atoms with Gasteiger partial charge in [-0.2, -0.15) is 12.8 Å². The van der Waals surface area contributed by atoms with E-state index in [1.165, 1.54) is 6.92 Å². The van der Waals surface area contributed by atoms with Crippen molar-refractivity contribution in [1.82, 2.24) is 0 Å². The number of nitrogens with zero attached hydrogens (tertiary/aromatic N) is 2. The Morgan fingerprint density at radius 3 is 1.57 bits per heavy atom. The molecule has 0 atom stereocenters. The second kappa shape index (κ2) is 5.85. The first-order valence-electron chi connectivity index (χ1n) is 1.45. The third kappa shape index (κ3) is 5.85. The number of hydrogen-bond acceptors (Lipinski definition) is 2. The summed E-state index contributed by atoms with van der Waals surface area (Å²) in [5.41, 5.74) is 0. The third-order valence-electron chi connectivity index (χ3n) is 0.335. The van der Waals surface area contributed by atoms with Crippen molar-refractivity contribution in [2.45, 2.75) is 6.92 Å². The van der Waals surface area contributed by atoms with Crippen LogP contribution in [0.25, 0.3) is 0 Å². The first kappa shape index (κ1) is 9.97. The molecular weight excluding hydrogens is 99.0 g/mol. The first-order chi connectivity index (χ1) is 2.81. The summed E-state index contributed by atoms with van der Waals surface area (Å²) in [6.45, 7) is 1.47. The molecule has 0 aliphatic rings.